The standard InChI is InChI=1S/C17H18BrNO2/c1-3-21-17(20)13-5-4-6-15(10-13)19-11-14-8-7-12(2)9-16(14)18/h4-10,19H,3,11H2,1-2H3. The first-order valence-electron chi connectivity index (χ1n) is 6.86. The quantitative estimate of drug-likeness (QED) is 0.806. The first kappa shape index (κ1) is 15.6. The number of hydrogen-bond donors (Lipinski definition) is 1. The van der Waals surface area contributed by atoms with Crippen LogP contribution < -0.4 is 5.32 Å². The van der Waals surface area contributed by atoms with Gasteiger partial charge in [-0.2, -0.15) is 0 Å². The van der Waals surface area contributed by atoms with E-state index in [2.05, 4.69) is 46.4 Å². The van der Waals surface area contributed by atoms with Crippen molar-refractivity contribution in [1.82, 2.24) is 0 Å². The summed E-state index contributed by atoms with van der Waals surface area (Å²) in [5, 5.41) is 3.32. The number of ether oxygens (including phenoxy) is 1. The lowest BCUT2D eigenvalue weighted by Crippen LogP contribution is -2.06. The molecular weight excluding hydrogens is 330 g/mol. The van der Waals surface area contributed by atoms with Crippen molar-refractivity contribution in [2.75, 3.05) is 11.9 Å². The van der Waals surface area contributed by atoms with Gasteiger partial charge < -0.3 is 10.1 Å². The van der Waals surface area contributed by atoms with Crippen LogP contribution in [0.4, 0.5) is 5.69 Å². The van der Waals surface area contributed by atoms with E-state index in [9.17, 15) is 4.79 Å². The van der Waals surface area contributed by atoms with Crippen molar-refractivity contribution in [1.29, 1.82) is 0 Å². The van der Waals surface area contributed by atoms with Gasteiger partial charge in [0.05, 0.1) is 12.2 Å². The summed E-state index contributed by atoms with van der Waals surface area (Å²) < 4.78 is 6.08. The Morgan fingerprint density at radius 3 is 2.76 bits per heavy atom. The zero-order valence-electron chi connectivity index (χ0n) is 12.2. The molecule has 3 nitrogen and oxygen atoms in total. The molecule has 4 heteroatoms. The molecule has 1 N–H and O–H groups in total. The van der Waals surface area contributed by atoms with Crippen LogP contribution in [-0.2, 0) is 11.3 Å². The molecule has 110 valence electrons. The first-order valence-corrected chi connectivity index (χ1v) is 7.65. The van der Waals surface area contributed by atoms with Gasteiger partial charge in [-0.15, -0.1) is 0 Å². The lowest BCUT2D eigenvalue weighted by molar-refractivity contribution is 0.0526. The van der Waals surface area contributed by atoms with E-state index in [-0.39, 0.29) is 5.97 Å². The SMILES string of the molecule is CCOC(=O)c1cccc(NCc2ccc(C)cc2Br)c1. The number of benzene rings is 2. The Morgan fingerprint density at radius 1 is 1.24 bits per heavy atom. The van der Waals surface area contributed by atoms with Crippen LogP contribution in [0.25, 0.3) is 0 Å². The average molecular weight is 348 g/mol. The summed E-state index contributed by atoms with van der Waals surface area (Å²) in [5.74, 6) is -0.294. The van der Waals surface area contributed by atoms with E-state index in [0.717, 1.165) is 10.2 Å². The molecule has 0 aromatic heterocycles. The maximum atomic E-state index is 11.7. The summed E-state index contributed by atoms with van der Waals surface area (Å²) in [6.45, 7) is 4.93. The highest BCUT2D eigenvalue weighted by atomic mass is 79.9. The second-order valence-electron chi connectivity index (χ2n) is 4.75. The van der Waals surface area contributed by atoms with Crippen molar-refractivity contribution >= 4 is 27.6 Å². The molecular formula is C17H18BrNO2. The highest BCUT2D eigenvalue weighted by Crippen LogP contribution is 2.20. The third kappa shape index (κ3) is 4.33. The number of rotatable bonds is 5. The Bertz CT molecular complexity index is 640. The smallest absolute Gasteiger partial charge is 0.338 e. The van der Waals surface area contributed by atoms with Crippen LogP contribution in [0, 0.1) is 6.92 Å². The van der Waals surface area contributed by atoms with Gasteiger partial charge in [0, 0.05) is 16.7 Å². The van der Waals surface area contributed by atoms with Gasteiger partial charge in [-0.25, -0.2) is 4.79 Å². The Balaban J connectivity index is 2.06. The van der Waals surface area contributed by atoms with Crippen molar-refractivity contribution in [3.8, 4) is 0 Å². The van der Waals surface area contributed by atoms with Crippen molar-refractivity contribution in [2.24, 2.45) is 0 Å². The fraction of sp³-hybridized carbons (Fsp3) is 0.235. The fourth-order valence-electron chi connectivity index (χ4n) is 1.96. The molecule has 0 fully saturated rings. The van der Waals surface area contributed by atoms with Crippen molar-refractivity contribution in [3.63, 3.8) is 0 Å². The molecule has 21 heavy (non-hydrogen) atoms. The molecule has 0 saturated carbocycles. The maximum Gasteiger partial charge on any atom is 0.338 e. The molecule has 0 saturated heterocycles. The predicted octanol–water partition coefficient (Wildman–Crippen LogP) is 4.55. The van der Waals surface area contributed by atoms with Crippen molar-refractivity contribution in [3.05, 3.63) is 63.6 Å². The number of esters is 1. The van der Waals surface area contributed by atoms with Crippen molar-refractivity contribution < 1.29 is 9.53 Å². The Kier molecular flexibility index (Phi) is 5.39. The van der Waals surface area contributed by atoms with Crippen LogP contribution in [-0.4, -0.2) is 12.6 Å². The van der Waals surface area contributed by atoms with E-state index >= 15 is 0 Å². The van der Waals surface area contributed by atoms with E-state index in [1.807, 2.05) is 12.1 Å². The van der Waals surface area contributed by atoms with Crippen LogP contribution in [0.5, 0.6) is 0 Å². The second kappa shape index (κ2) is 7.27. The molecule has 2 rings (SSSR count). The van der Waals surface area contributed by atoms with Gasteiger partial charge in [0.15, 0.2) is 0 Å². The Hall–Kier alpha value is -1.81. The number of carbonyl (C=O) groups is 1. The minimum atomic E-state index is -0.294. The molecule has 0 heterocycles. The summed E-state index contributed by atoms with van der Waals surface area (Å²) in [4.78, 5) is 11.7. The molecule has 2 aromatic carbocycles. The Labute approximate surface area is 133 Å². The van der Waals surface area contributed by atoms with E-state index in [0.29, 0.717) is 18.7 Å². The monoisotopic (exact) mass is 347 g/mol. The molecule has 0 bridgehead atoms. The van der Waals surface area contributed by atoms with Crippen molar-refractivity contribution in [2.45, 2.75) is 20.4 Å². The average Bonchev–Trinajstić information content (AvgIpc) is 2.47. The molecule has 0 atom stereocenters. The number of carbonyl (C=O) groups excluding carboxylic acids is 1. The minimum Gasteiger partial charge on any atom is -0.462 e. The number of nitrogens with one attached hydrogen (secondary N) is 1. The predicted molar refractivity (Wildman–Crippen MR) is 88.6 cm³/mol. The molecule has 0 spiro atoms. The molecule has 0 aliphatic rings. The van der Waals surface area contributed by atoms with Gasteiger partial charge in [0.2, 0.25) is 0 Å². The van der Waals surface area contributed by atoms with Crippen LogP contribution in [0.3, 0.4) is 0 Å². The molecule has 2 aromatic rings. The van der Waals surface area contributed by atoms with Gasteiger partial charge in [-0.3, -0.25) is 0 Å². The summed E-state index contributed by atoms with van der Waals surface area (Å²) in [6, 6.07) is 13.6. The zero-order valence-corrected chi connectivity index (χ0v) is 13.7. The second-order valence-corrected chi connectivity index (χ2v) is 5.60. The maximum absolute atomic E-state index is 11.7. The number of halogens is 1. The van der Waals surface area contributed by atoms with Crippen LogP contribution in [0.15, 0.2) is 46.9 Å². The van der Waals surface area contributed by atoms with Gasteiger partial charge in [0.25, 0.3) is 0 Å². The molecule has 0 unspecified atom stereocenters. The van der Waals surface area contributed by atoms with E-state index < -0.39 is 0 Å². The zero-order chi connectivity index (χ0) is 15.2. The van der Waals surface area contributed by atoms with E-state index in [1.165, 1.54) is 11.1 Å². The highest BCUT2D eigenvalue weighted by molar-refractivity contribution is 9.10. The van der Waals surface area contributed by atoms with E-state index in [4.69, 9.17) is 4.74 Å². The van der Waals surface area contributed by atoms with Crippen LogP contribution in [0.2, 0.25) is 0 Å². The lowest BCUT2D eigenvalue weighted by Gasteiger charge is -2.10. The lowest BCUT2D eigenvalue weighted by atomic mass is 10.1. The summed E-state index contributed by atoms with van der Waals surface area (Å²) >= 11 is 3.56. The number of hydrogen-bond acceptors (Lipinski definition) is 3. The van der Waals surface area contributed by atoms with E-state index in [1.54, 1.807) is 19.1 Å². The molecule has 0 aliphatic carbocycles. The van der Waals surface area contributed by atoms with Gasteiger partial charge >= 0.3 is 5.97 Å². The number of aryl methyl sites for hydroxylation is 1. The normalized spacial score (nSPS) is 10.2. The van der Waals surface area contributed by atoms with Crippen LogP contribution in [0.1, 0.15) is 28.4 Å². The van der Waals surface area contributed by atoms with Gasteiger partial charge in [0.1, 0.15) is 0 Å². The molecule has 0 amide bonds. The fourth-order valence-corrected chi connectivity index (χ4v) is 2.60. The summed E-state index contributed by atoms with van der Waals surface area (Å²) in [5.41, 5.74) is 3.84. The number of anilines is 1. The topological polar surface area (TPSA) is 38.3 Å². The minimum absolute atomic E-state index is 0.294. The third-order valence-electron chi connectivity index (χ3n) is 3.07. The summed E-state index contributed by atoms with van der Waals surface area (Å²) in [6.07, 6.45) is 0. The van der Waals surface area contributed by atoms with Gasteiger partial charge in [-0.1, -0.05) is 34.1 Å². The highest BCUT2D eigenvalue weighted by Gasteiger charge is 2.07. The Morgan fingerprint density at radius 2 is 2.05 bits per heavy atom. The van der Waals surface area contributed by atoms with Crippen LogP contribution >= 0.6 is 15.9 Å². The molecule has 0 radical (unpaired) electrons. The largest absolute Gasteiger partial charge is 0.462 e. The summed E-state index contributed by atoms with van der Waals surface area (Å²) in [7, 11) is 0. The third-order valence-corrected chi connectivity index (χ3v) is 3.80. The molecule has 0 aliphatic heterocycles. The van der Waals surface area contributed by atoms with Gasteiger partial charge in [-0.05, 0) is 49.2 Å². The first-order chi connectivity index (χ1) is 10.1.